The molecule has 2 rings (SSSR count). The average Bonchev–Trinajstić information content (AvgIpc) is 2.42. The molecule has 1 heterocycles. The van der Waals surface area contributed by atoms with Gasteiger partial charge < -0.3 is 9.47 Å². The minimum absolute atomic E-state index is 0.157. The first-order valence-electron chi connectivity index (χ1n) is 6.66. The van der Waals surface area contributed by atoms with Crippen LogP contribution in [0.15, 0.2) is 28.7 Å². The topological polar surface area (TPSA) is 35.5 Å². The van der Waals surface area contributed by atoms with Crippen molar-refractivity contribution >= 4 is 21.7 Å². The summed E-state index contributed by atoms with van der Waals surface area (Å²) in [5.41, 5.74) is 0.362. The van der Waals surface area contributed by atoms with Crippen LogP contribution in [0.25, 0.3) is 0 Å². The largest absolute Gasteiger partial charge is 0.381 e. The molecule has 1 aromatic carbocycles. The molecule has 0 aromatic heterocycles. The van der Waals surface area contributed by atoms with Crippen LogP contribution in [0.5, 0.6) is 0 Å². The van der Waals surface area contributed by atoms with E-state index in [1.807, 2.05) is 31.2 Å². The SMILES string of the molecule is CCOC1(C(=O)Cc2ccccc2Br)CCOCC1. The second kappa shape index (κ2) is 6.64. The smallest absolute Gasteiger partial charge is 0.169 e. The van der Waals surface area contributed by atoms with E-state index in [1.165, 1.54) is 0 Å². The minimum Gasteiger partial charge on any atom is -0.381 e. The van der Waals surface area contributed by atoms with Crippen molar-refractivity contribution in [3.63, 3.8) is 0 Å². The zero-order chi connectivity index (χ0) is 13.7. The Morgan fingerprint density at radius 2 is 2.05 bits per heavy atom. The molecule has 0 bridgehead atoms. The summed E-state index contributed by atoms with van der Waals surface area (Å²) in [5.74, 6) is 0.157. The van der Waals surface area contributed by atoms with Crippen LogP contribution >= 0.6 is 15.9 Å². The zero-order valence-corrected chi connectivity index (χ0v) is 12.7. The lowest BCUT2D eigenvalue weighted by molar-refractivity contribution is -0.156. The van der Waals surface area contributed by atoms with Crippen LogP contribution in [-0.4, -0.2) is 31.2 Å². The number of ether oxygens (including phenoxy) is 2. The van der Waals surface area contributed by atoms with E-state index >= 15 is 0 Å². The molecule has 104 valence electrons. The van der Waals surface area contributed by atoms with Crippen molar-refractivity contribution in [2.24, 2.45) is 0 Å². The lowest BCUT2D eigenvalue weighted by Gasteiger charge is -2.35. The molecule has 1 aliphatic heterocycles. The number of ketones is 1. The summed E-state index contributed by atoms with van der Waals surface area (Å²) in [4.78, 5) is 12.6. The molecule has 0 saturated carbocycles. The molecule has 1 saturated heterocycles. The highest BCUT2D eigenvalue weighted by atomic mass is 79.9. The monoisotopic (exact) mass is 326 g/mol. The summed E-state index contributed by atoms with van der Waals surface area (Å²) in [7, 11) is 0. The first-order chi connectivity index (χ1) is 9.18. The number of Topliss-reactive ketones (excluding diaryl/α,β-unsaturated/α-hetero) is 1. The minimum atomic E-state index is -0.651. The van der Waals surface area contributed by atoms with Gasteiger partial charge in [0.05, 0.1) is 0 Å². The van der Waals surface area contributed by atoms with E-state index in [0.29, 0.717) is 39.1 Å². The number of hydrogen-bond acceptors (Lipinski definition) is 3. The summed E-state index contributed by atoms with van der Waals surface area (Å²) in [6, 6.07) is 7.83. The Morgan fingerprint density at radius 3 is 2.68 bits per heavy atom. The molecule has 0 radical (unpaired) electrons. The van der Waals surface area contributed by atoms with Crippen molar-refractivity contribution in [3.8, 4) is 0 Å². The van der Waals surface area contributed by atoms with Gasteiger partial charge in [-0.3, -0.25) is 4.79 Å². The van der Waals surface area contributed by atoms with Crippen LogP contribution in [0.2, 0.25) is 0 Å². The van der Waals surface area contributed by atoms with Crippen LogP contribution < -0.4 is 0 Å². The van der Waals surface area contributed by atoms with E-state index in [0.717, 1.165) is 10.0 Å². The van der Waals surface area contributed by atoms with Crippen molar-refractivity contribution in [2.45, 2.75) is 31.8 Å². The Balaban J connectivity index is 2.14. The van der Waals surface area contributed by atoms with Crippen molar-refractivity contribution in [2.75, 3.05) is 19.8 Å². The van der Waals surface area contributed by atoms with Crippen molar-refractivity contribution in [3.05, 3.63) is 34.3 Å². The second-order valence-electron chi connectivity index (χ2n) is 4.73. The Hall–Kier alpha value is -0.710. The average molecular weight is 327 g/mol. The summed E-state index contributed by atoms with van der Waals surface area (Å²) >= 11 is 3.49. The summed E-state index contributed by atoms with van der Waals surface area (Å²) in [5, 5.41) is 0. The summed E-state index contributed by atoms with van der Waals surface area (Å²) < 4.78 is 12.1. The number of carbonyl (C=O) groups is 1. The fourth-order valence-corrected chi connectivity index (χ4v) is 2.88. The highest BCUT2D eigenvalue weighted by Crippen LogP contribution is 2.29. The highest BCUT2D eigenvalue weighted by molar-refractivity contribution is 9.10. The lowest BCUT2D eigenvalue weighted by atomic mass is 9.86. The van der Waals surface area contributed by atoms with E-state index < -0.39 is 5.60 Å². The van der Waals surface area contributed by atoms with Gasteiger partial charge in [-0.15, -0.1) is 0 Å². The quantitative estimate of drug-likeness (QED) is 0.833. The molecule has 0 N–H and O–H groups in total. The zero-order valence-electron chi connectivity index (χ0n) is 11.2. The van der Waals surface area contributed by atoms with Gasteiger partial charge in [-0.2, -0.15) is 0 Å². The van der Waals surface area contributed by atoms with Gasteiger partial charge in [-0.25, -0.2) is 0 Å². The van der Waals surface area contributed by atoms with E-state index in [1.54, 1.807) is 0 Å². The molecule has 0 amide bonds. The van der Waals surface area contributed by atoms with Gasteiger partial charge in [0.25, 0.3) is 0 Å². The van der Waals surface area contributed by atoms with Gasteiger partial charge in [0, 0.05) is 43.6 Å². The molecule has 3 nitrogen and oxygen atoms in total. The van der Waals surface area contributed by atoms with Gasteiger partial charge in [-0.1, -0.05) is 34.1 Å². The molecule has 1 aliphatic rings. The maximum Gasteiger partial charge on any atom is 0.169 e. The number of carbonyl (C=O) groups excluding carboxylic acids is 1. The van der Waals surface area contributed by atoms with Gasteiger partial charge in [0.1, 0.15) is 5.60 Å². The van der Waals surface area contributed by atoms with E-state index in [2.05, 4.69) is 15.9 Å². The van der Waals surface area contributed by atoms with Crippen LogP contribution in [0.1, 0.15) is 25.3 Å². The lowest BCUT2D eigenvalue weighted by Crippen LogP contribution is -2.47. The number of benzene rings is 1. The molecule has 0 spiro atoms. The molecular weight excluding hydrogens is 308 g/mol. The van der Waals surface area contributed by atoms with Crippen molar-refractivity contribution in [1.29, 1.82) is 0 Å². The molecule has 4 heteroatoms. The maximum atomic E-state index is 12.6. The third-order valence-electron chi connectivity index (χ3n) is 3.54. The molecule has 0 atom stereocenters. The first kappa shape index (κ1) is 14.7. The third kappa shape index (κ3) is 3.44. The Morgan fingerprint density at radius 1 is 1.37 bits per heavy atom. The molecule has 1 aromatic rings. The predicted octanol–water partition coefficient (Wildman–Crippen LogP) is 3.15. The second-order valence-corrected chi connectivity index (χ2v) is 5.59. The van der Waals surface area contributed by atoms with Gasteiger partial charge in [-0.05, 0) is 18.6 Å². The van der Waals surface area contributed by atoms with Crippen LogP contribution in [0.4, 0.5) is 0 Å². The predicted molar refractivity (Wildman–Crippen MR) is 77.3 cm³/mol. The normalized spacial score (nSPS) is 18.2. The van der Waals surface area contributed by atoms with Gasteiger partial charge in [0.15, 0.2) is 5.78 Å². The molecule has 0 unspecified atom stereocenters. The van der Waals surface area contributed by atoms with Crippen molar-refractivity contribution in [1.82, 2.24) is 0 Å². The standard InChI is InChI=1S/C15H19BrO3/c1-2-19-15(7-9-18-10-8-15)14(17)11-12-5-3-4-6-13(12)16/h3-6H,2,7-11H2,1H3. The van der Waals surface area contributed by atoms with Crippen LogP contribution in [-0.2, 0) is 20.7 Å². The van der Waals surface area contributed by atoms with E-state index in [9.17, 15) is 4.79 Å². The summed E-state index contributed by atoms with van der Waals surface area (Å²) in [6.07, 6.45) is 1.72. The fraction of sp³-hybridized carbons (Fsp3) is 0.533. The van der Waals surface area contributed by atoms with Crippen molar-refractivity contribution < 1.29 is 14.3 Å². The molecule has 0 aliphatic carbocycles. The van der Waals surface area contributed by atoms with E-state index in [4.69, 9.17) is 9.47 Å². The number of halogens is 1. The third-order valence-corrected chi connectivity index (χ3v) is 4.31. The number of rotatable bonds is 5. The van der Waals surface area contributed by atoms with Gasteiger partial charge >= 0.3 is 0 Å². The Labute approximate surface area is 122 Å². The Kier molecular flexibility index (Phi) is 5.13. The fourth-order valence-electron chi connectivity index (χ4n) is 2.46. The molecule has 1 fully saturated rings. The van der Waals surface area contributed by atoms with Crippen LogP contribution in [0.3, 0.4) is 0 Å². The Bertz CT molecular complexity index is 433. The van der Waals surface area contributed by atoms with Gasteiger partial charge in [0.2, 0.25) is 0 Å². The number of hydrogen-bond donors (Lipinski definition) is 0. The summed E-state index contributed by atoms with van der Waals surface area (Å²) in [6.45, 7) is 3.69. The van der Waals surface area contributed by atoms with E-state index in [-0.39, 0.29) is 5.78 Å². The maximum absolute atomic E-state index is 12.6. The molecular formula is C15H19BrO3. The van der Waals surface area contributed by atoms with Crippen LogP contribution in [0, 0.1) is 0 Å². The molecule has 19 heavy (non-hydrogen) atoms. The highest BCUT2D eigenvalue weighted by Gasteiger charge is 2.40. The first-order valence-corrected chi connectivity index (χ1v) is 7.45.